The largest absolute Gasteiger partial charge is 0.456 e. The Kier molecular flexibility index (Phi) is 7.54. The Bertz CT molecular complexity index is 3520. The summed E-state index contributed by atoms with van der Waals surface area (Å²) in [6.45, 7) is 0. The summed E-state index contributed by atoms with van der Waals surface area (Å²) in [5.41, 5.74) is 13.2. The molecule has 0 saturated carbocycles. The van der Waals surface area contributed by atoms with E-state index in [1.54, 1.807) is 0 Å². The lowest BCUT2D eigenvalue weighted by molar-refractivity contribution is 0.669. The zero-order chi connectivity index (χ0) is 38.9. The van der Waals surface area contributed by atoms with Crippen LogP contribution in [0.1, 0.15) is 0 Å². The Labute approximate surface area is 341 Å². The van der Waals surface area contributed by atoms with Gasteiger partial charge in [0.15, 0.2) is 0 Å². The number of para-hydroxylation sites is 3. The molecule has 12 aromatic rings. The molecular formula is C56H36N2O. The van der Waals surface area contributed by atoms with Gasteiger partial charge in [-0.2, -0.15) is 0 Å². The Morgan fingerprint density at radius 3 is 1.75 bits per heavy atom. The topological polar surface area (TPSA) is 21.3 Å². The smallest absolute Gasteiger partial charge is 0.136 e. The van der Waals surface area contributed by atoms with Gasteiger partial charge in [-0.1, -0.05) is 146 Å². The molecule has 2 aromatic heterocycles. The number of hydrogen-bond donors (Lipinski definition) is 0. The van der Waals surface area contributed by atoms with Crippen LogP contribution in [0.3, 0.4) is 0 Å². The van der Waals surface area contributed by atoms with Crippen molar-refractivity contribution in [3.8, 4) is 27.9 Å². The summed E-state index contributed by atoms with van der Waals surface area (Å²) in [6, 6.07) is 78.8. The van der Waals surface area contributed by atoms with Crippen LogP contribution >= 0.6 is 0 Å². The third kappa shape index (κ3) is 5.44. The minimum Gasteiger partial charge on any atom is -0.456 e. The standard InChI is InChI=1S/C56H36N2O/c1-2-18-46-38(12-1)26-27-39-13-11-24-53(56(39)46)57(44-16-10-15-41(35-44)42-30-33-50-49-21-5-8-25-54(49)59-55(50)36-42)43-31-28-37(29-32-43)40-14-9-17-45(34-40)58-51-22-6-3-19-47(51)48-20-4-7-23-52(48)58/h1-36H. The van der Waals surface area contributed by atoms with Gasteiger partial charge in [0.05, 0.1) is 16.7 Å². The minimum atomic E-state index is 0.893. The van der Waals surface area contributed by atoms with Crippen LogP contribution in [-0.4, -0.2) is 4.57 Å². The highest BCUT2D eigenvalue weighted by atomic mass is 16.3. The van der Waals surface area contributed by atoms with Gasteiger partial charge >= 0.3 is 0 Å². The summed E-state index contributed by atoms with van der Waals surface area (Å²) in [4.78, 5) is 2.41. The zero-order valence-electron chi connectivity index (χ0n) is 32.1. The summed E-state index contributed by atoms with van der Waals surface area (Å²) < 4.78 is 8.70. The van der Waals surface area contributed by atoms with Gasteiger partial charge in [-0.15, -0.1) is 0 Å². The van der Waals surface area contributed by atoms with Crippen molar-refractivity contribution in [1.29, 1.82) is 0 Å². The Morgan fingerprint density at radius 1 is 0.339 bits per heavy atom. The molecule has 0 aliphatic rings. The number of rotatable bonds is 6. The summed E-state index contributed by atoms with van der Waals surface area (Å²) in [7, 11) is 0. The molecule has 0 atom stereocenters. The van der Waals surface area contributed by atoms with Crippen LogP contribution in [0.25, 0.3) is 93.2 Å². The quantitative estimate of drug-likeness (QED) is 0.158. The van der Waals surface area contributed by atoms with E-state index in [4.69, 9.17) is 4.42 Å². The molecule has 0 saturated heterocycles. The summed E-state index contributed by atoms with van der Waals surface area (Å²) in [5, 5.41) is 9.68. The predicted octanol–water partition coefficient (Wildman–Crippen LogP) is 15.8. The van der Waals surface area contributed by atoms with Gasteiger partial charge in [0.25, 0.3) is 0 Å². The molecule has 0 bridgehead atoms. The molecule has 0 unspecified atom stereocenters. The van der Waals surface area contributed by atoms with Crippen LogP contribution in [0.4, 0.5) is 17.1 Å². The number of hydrogen-bond acceptors (Lipinski definition) is 2. The second-order valence-electron chi connectivity index (χ2n) is 15.3. The van der Waals surface area contributed by atoms with Gasteiger partial charge in [0.2, 0.25) is 0 Å². The van der Waals surface area contributed by atoms with E-state index in [0.29, 0.717) is 0 Å². The van der Waals surface area contributed by atoms with E-state index >= 15 is 0 Å². The fraction of sp³-hybridized carbons (Fsp3) is 0. The van der Waals surface area contributed by atoms with Crippen molar-refractivity contribution in [2.45, 2.75) is 0 Å². The van der Waals surface area contributed by atoms with Gasteiger partial charge in [-0.05, 0) is 111 Å². The van der Waals surface area contributed by atoms with Crippen molar-refractivity contribution in [1.82, 2.24) is 4.57 Å². The normalized spacial score (nSPS) is 11.7. The number of nitrogens with zero attached hydrogens (tertiary/aromatic N) is 2. The molecule has 0 N–H and O–H groups in total. The second-order valence-corrected chi connectivity index (χ2v) is 15.3. The molecule has 0 amide bonds. The summed E-state index contributed by atoms with van der Waals surface area (Å²) in [6.07, 6.45) is 0. The van der Waals surface area contributed by atoms with E-state index in [9.17, 15) is 0 Å². The van der Waals surface area contributed by atoms with Gasteiger partial charge in [-0.3, -0.25) is 0 Å². The van der Waals surface area contributed by atoms with Gasteiger partial charge in [0, 0.05) is 44.0 Å². The van der Waals surface area contributed by atoms with E-state index in [0.717, 1.165) is 61.4 Å². The number of furan rings is 1. The van der Waals surface area contributed by atoms with Crippen LogP contribution in [0, 0.1) is 0 Å². The fourth-order valence-corrected chi connectivity index (χ4v) is 9.21. The number of anilines is 3. The SMILES string of the molecule is c1cc(-c2ccc3c(c2)oc2ccccc23)cc(N(c2ccc(-c3cccc(-n4c5ccccc5c5ccccc54)c3)cc2)c2cccc3ccc4ccccc4c23)c1. The van der Waals surface area contributed by atoms with Crippen molar-refractivity contribution in [3.05, 3.63) is 218 Å². The number of fused-ring (bicyclic) bond motifs is 9. The van der Waals surface area contributed by atoms with Gasteiger partial charge in [-0.25, -0.2) is 0 Å². The maximum absolute atomic E-state index is 6.32. The molecule has 10 aromatic carbocycles. The number of benzene rings is 10. The third-order valence-electron chi connectivity index (χ3n) is 11.9. The van der Waals surface area contributed by atoms with E-state index < -0.39 is 0 Å². The lowest BCUT2D eigenvalue weighted by Crippen LogP contribution is -2.10. The second kappa shape index (κ2) is 13.4. The first-order valence-corrected chi connectivity index (χ1v) is 20.2. The minimum absolute atomic E-state index is 0.893. The van der Waals surface area contributed by atoms with E-state index in [1.165, 1.54) is 48.9 Å². The first-order chi connectivity index (χ1) is 29.2. The monoisotopic (exact) mass is 752 g/mol. The highest BCUT2D eigenvalue weighted by Crippen LogP contribution is 2.44. The van der Waals surface area contributed by atoms with E-state index in [1.807, 2.05) is 12.1 Å². The van der Waals surface area contributed by atoms with Crippen LogP contribution in [0.2, 0.25) is 0 Å². The summed E-state index contributed by atoms with van der Waals surface area (Å²) >= 11 is 0. The molecule has 0 fully saturated rings. The Hall–Kier alpha value is -7.88. The van der Waals surface area contributed by atoms with Crippen LogP contribution in [0.15, 0.2) is 223 Å². The van der Waals surface area contributed by atoms with Crippen LogP contribution in [-0.2, 0) is 0 Å². The van der Waals surface area contributed by atoms with Crippen LogP contribution < -0.4 is 4.90 Å². The maximum Gasteiger partial charge on any atom is 0.136 e. The predicted molar refractivity (Wildman–Crippen MR) is 249 cm³/mol. The average molecular weight is 753 g/mol. The number of aromatic nitrogens is 1. The van der Waals surface area contributed by atoms with E-state index in [-0.39, 0.29) is 0 Å². The maximum atomic E-state index is 6.32. The highest BCUT2D eigenvalue weighted by molar-refractivity contribution is 6.15. The molecule has 0 aliphatic heterocycles. The van der Waals surface area contributed by atoms with Crippen molar-refractivity contribution in [2.24, 2.45) is 0 Å². The highest BCUT2D eigenvalue weighted by Gasteiger charge is 2.19. The molecular weight excluding hydrogens is 717 g/mol. The van der Waals surface area contributed by atoms with Gasteiger partial charge < -0.3 is 13.9 Å². The van der Waals surface area contributed by atoms with Crippen molar-refractivity contribution < 1.29 is 4.42 Å². The Balaban J connectivity index is 0.997. The molecule has 12 rings (SSSR count). The molecule has 59 heavy (non-hydrogen) atoms. The molecule has 3 heteroatoms. The van der Waals surface area contributed by atoms with Gasteiger partial charge in [0.1, 0.15) is 11.2 Å². The summed E-state index contributed by atoms with van der Waals surface area (Å²) in [5.74, 6) is 0. The molecule has 0 spiro atoms. The molecule has 276 valence electrons. The lowest BCUT2D eigenvalue weighted by Gasteiger charge is -2.28. The average Bonchev–Trinajstić information content (AvgIpc) is 3.85. The lowest BCUT2D eigenvalue weighted by atomic mass is 9.98. The molecule has 0 aliphatic carbocycles. The first-order valence-electron chi connectivity index (χ1n) is 20.2. The third-order valence-corrected chi connectivity index (χ3v) is 11.9. The molecule has 3 nitrogen and oxygen atoms in total. The Morgan fingerprint density at radius 2 is 0.932 bits per heavy atom. The first kappa shape index (κ1) is 33.3. The fourth-order valence-electron chi connectivity index (χ4n) is 9.21. The van der Waals surface area contributed by atoms with Crippen molar-refractivity contribution >= 4 is 82.4 Å². The van der Waals surface area contributed by atoms with E-state index in [2.05, 4.69) is 216 Å². The van der Waals surface area contributed by atoms with Crippen molar-refractivity contribution in [2.75, 3.05) is 4.90 Å². The molecule has 2 heterocycles. The van der Waals surface area contributed by atoms with Crippen molar-refractivity contribution in [3.63, 3.8) is 0 Å². The molecule has 0 radical (unpaired) electrons. The van der Waals surface area contributed by atoms with Crippen LogP contribution in [0.5, 0.6) is 0 Å². The zero-order valence-corrected chi connectivity index (χ0v) is 32.1.